The van der Waals surface area contributed by atoms with Gasteiger partial charge in [-0.3, -0.25) is 14.8 Å². The van der Waals surface area contributed by atoms with Crippen molar-refractivity contribution in [3.63, 3.8) is 0 Å². The van der Waals surface area contributed by atoms with E-state index in [0.717, 1.165) is 17.0 Å². The minimum atomic E-state index is -0.433. The van der Waals surface area contributed by atoms with E-state index < -0.39 is 4.92 Å². The summed E-state index contributed by atoms with van der Waals surface area (Å²) in [6, 6.07) is 4.65. The lowest BCUT2D eigenvalue weighted by atomic mass is 10.1. The Hall–Kier alpha value is -1.59. The Kier molecular flexibility index (Phi) is 4.54. The Balaban J connectivity index is 2.44. The van der Waals surface area contributed by atoms with Crippen molar-refractivity contribution in [3.8, 4) is 0 Å². The molecule has 0 N–H and O–H groups in total. The highest BCUT2D eigenvalue weighted by atomic mass is 35.5. The van der Waals surface area contributed by atoms with E-state index in [1.807, 2.05) is 20.8 Å². The van der Waals surface area contributed by atoms with E-state index in [4.69, 9.17) is 23.2 Å². The van der Waals surface area contributed by atoms with Gasteiger partial charge in [-0.05, 0) is 32.9 Å². The van der Waals surface area contributed by atoms with Crippen molar-refractivity contribution in [1.82, 2.24) is 9.78 Å². The molecule has 21 heavy (non-hydrogen) atoms. The Morgan fingerprint density at radius 2 is 2.10 bits per heavy atom. The van der Waals surface area contributed by atoms with Crippen molar-refractivity contribution in [3.05, 3.63) is 55.9 Å². The van der Waals surface area contributed by atoms with Crippen LogP contribution in [0.3, 0.4) is 0 Å². The summed E-state index contributed by atoms with van der Waals surface area (Å²) >= 11 is 12.0. The Bertz CT molecular complexity index is 696. The van der Waals surface area contributed by atoms with Gasteiger partial charge in [-0.25, -0.2) is 0 Å². The zero-order valence-corrected chi connectivity index (χ0v) is 13.4. The van der Waals surface area contributed by atoms with Gasteiger partial charge in [0.1, 0.15) is 0 Å². The molecule has 0 fully saturated rings. The van der Waals surface area contributed by atoms with Gasteiger partial charge in [-0.2, -0.15) is 5.10 Å². The highest BCUT2D eigenvalue weighted by Gasteiger charge is 2.19. The van der Waals surface area contributed by atoms with Crippen molar-refractivity contribution in [2.75, 3.05) is 0 Å². The average molecular weight is 328 g/mol. The van der Waals surface area contributed by atoms with Crippen LogP contribution >= 0.6 is 23.2 Å². The Morgan fingerprint density at radius 3 is 2.62 bits per heavy atom. The molecule has 0 aliphatic rings. The maximum absolute atomic E-state index is 11.1. The molecular weight excluding hydrogens is 313 g/mol. The summed E-state index contributed by atoms with van der Waals surface area (Å²) in [5.41, 5.74) is 3.28. The van der Waals surface area contributed by atoms with Crippen LogP contribution in [0.1, 0.15) is 34.8 Å². The van der Waals surface area contributed by atoms with Crippen LogP contribution in [0.25, 0.3) is 0 Å². The highest BCUT2D eigenvalue weighted by Crippen LogP contribution is 2.28. The summed E-state index contributed by atoms with van der Waals surface area (Å²) in [6.07, 6.45) is 0. The molecule has 112 valence electrons. The van der Waals surface area contributed by atoms with Crippen molar-refractivity contribution >= 4 is 28.9 Å². The van der Waals surface area contributed by atoms with Gasteiger partial charge in [0, 0.05) is 22.3 Å². The first kappa shape index (κ1) is 15.8. The molecule has 5 nitrogen and oxygen atoms in total. The largest absolute Gasteiger partial charge is 0.275 e. The van der Waals surface area contributed by atoms with Crippen LogP contribution in [0.5, 0.6) is 0 Å². The number of nitro groups is 1. The molecule has 0 spiro atoms. The molecule has 0 saturated carbocycles. The monoisotopic (exact) mass is 327 g/mol. The molecule has 1 atom stereocenters. The SMILES string of the molecule is Cc1nn(Cc2ccc(Cl)cc2[N+](=O)[O-])c(C)c1C(C)Cl. The summed E-state index contributed by atoms with van der Waals surface area (Å²) in [5, 5.41) is 15.7. The number of alkyl halides is 1. The summed E-state index contributed by atoms with van der Waals surface area (Å²) < 4.78 is 1.74. The highest BCUT2D eigenvalue weighted by molar-refractivity contribution is 6.30. The fraction of sp³-hybridized carbons (Fsp3) is 0.357. The molecule has 0 amide bonds. The van der Waals surface area contributed by atoms with Crippen molar-refractivity contribution in [2.24, 2.45) is 0 Å². The summed E-state index contributed by atoms with van der Waals surface area (Å²) in [4.78, 5) is 10.7. The third kappa shape index (κ3) is 3.19. The fourth-order valence-corrected chi connectivity index (χ4v) is 2.92. The smallest absolute Gasteiger partial charge is 0.265 e. The van der Waals surface area contributed by atoms with Crippen molar-refractivity contribution in [1.29, 1.82) is 0 Å². The van der Waals surface area contributed by atoms with Gasteiger partial charge < -0.3 is 0 Å². The lowest BCUT2D eigenvalue weighted by molar-refractivity contribution is -0.385. The molecule has 1 heterocycles. The molecule has 2 rings (SSSR count). The number of nitro benzene ring substituents is 1. The zero-order chi connectivity index (χ0) is 15.7. The van der Waals surface area contributed by atoms with Crippen LogP contribution in [0.15, 0.2) is 18.2 Å². The summed E-state index contributed by atoms with van der Waals surface area (Å²) in [6.45, 7) is 5.99. The first-order chi connectivity index (χ1) is 9.81. The molecule has 0 radical (unpaired) electrons. The first-order valence-electron chi connectivity index (χ1n) is 6.42. The maximum Gasteiger partial charge on any atom is 0.275 e. The minimum absolute atomic E-state index is 0.00414. The predicted octanol–water partition coefficient (Wildman–Crippen LogP) is 4.41. The molecular formula is C14H15Cl2N3O2. The first-order valence-corrected chi connectivity index (χ1v) is 7.23. The van der Waals surface area contributed by atoms with Gasteiger partial charge in [0.2, 0.25) is 0 Å². The number of hydrogen-bond donors (Lipinski definition) is 0. The standard InChI is InChI=1S/C14H15Cl2N3O2/c1-8(15)14-9(2)17-18(10(14)3)7-11-4-5-12(16)6-13(11)19(20)21/h4-6,8H,7H2,1-3H3. The third-order valence-corrected chi connectivity index (χ3v) is 3.85. The molecule has 0 aliphatic heterocycles. The van der Waals surface area contributed by atoms with E-state index >= 15 is 0 Å². The number of aryl methyl sites for hydroxylation is 1. The van der Waals surface area contributed by atoms with Crippen LogP contribution in [0, 0.1) is 24.0 Å². The van der Waals surface area contributed by atoms with Crippen molar-refractivity contribution < 1.29 is 4.92 Å². The van der Waals surface area contributed by atoms with Crippen LogP contribution in [-0.4, -0.2) is 14.7 Å². The Morgan fingerprint density at radius 1 is 1.43 bits per heavy atom. The topological polar surface area (TPSA) is 61.0 Å². The average Bonchev–Trinajstić information content (AvgIpc) is 2.66. The molecule has 0 aliphatic carbocycles. The van der Waals surface area contributed by atoms with E-state index in [-0.39, 0.29) is 11.1 Å². The lowest BCUT2D eigenvalue weighted by Crippen LogP contribution is -2.07. The number of rotatable bonds is 4. The summed E-state index contributed by atoms with van der Waals surface area (Å²) in [5.74, 6) is 0. The van der Waals surface area contributed by atoms with E-state index in [0.29, 0.717) is 17.1 Å². The fourth-order valence-electron chi connectivity index (χ4n) is 2.44. The molecule has 2 aromatic rings. The maximum atomic E-state index is 11.1. The van der Waals surface area contributed by atoms with E-state index in [1.165, 1.54) is 6.07 Å². The van der Waals surface area contributed by atoms with Gasteiger partial charge in [-0.1, -0.05) is 11.6 Å². The van der Waals surface area contributed by atoms with Crippen molar-refractivity contribution in [2.45, 2.75) is 32.7 Å². The molecule has 1 aromatic heterocycles. The normalized spacial score (nSPS) is 12.4. The number of aromatic nitrogens is 2. The predicted molar refractivity (Wildman–Crippen MR) is 83.2 cm³/mol. The quantitative estimate of drug-likeness (QED) is 0.474. The number of benzene rings is 1. The molecule has 0 saturated heterocycles. The summed E-state index contributed by atoms with van der Waals surface area (Å²) in [7, 11) is 0. The minimum Gasteiger partial charge on any atom is -0.265 e. The third-order valence-electron chi connectivity index (χ3n) is 3.40. The second-order valence-electron chi connectivity index (χ2n) is 4.89. The molecule has 1 unspecified atom stereocenters. The van der Waals surface area contributed by atoms with Crippen LogP contribution < -0.4 is 0 Å². The van der Waals surface area contributed by atoms with E-state index in [2.05, 4.69) is 5.10 Å². The van der Waals surface area contributed by atoms with Gasteiger partial charge >= 0.3 is 0 Å². The lowest BCUT2D eigenvalue weighted by Gasteiger charge is -2.07. The molecule has 1 aromatic carbocycles. The van der Waals surface area contributed by atoms with Crippen LogP contribution in [0.4, 0.5) is 5.69 Å². The number of nitrogens with zero attached hydrogens (tertiary/aromatic N) is 3. The van der Waals surface area contributed by atoms with Gasteiger partial charge in [0.05, 0.1) is 28.1 Å². The van der Waals surface area contributed by atoms with E-state index in [9.17, 15) is 10.1 Å². The van der Waals surface area contributed by atoms with Crippen LogP contribution in [0.2, 0.25) is 5.02 Å². The molecule has 0 bridgehead atoms. The number of hydrogen-bond acceptors (Lipinski definition) is 3. The van der Waals surface area contributed by atoms with Gasteiger partial charge in [0.15, 0.2) is 0 Å². The zero-order valence-electron chi connectivity index (χ0n) is 11.9. The van der Waals surface area contributed by atoms with Crippen LogP contribution in [-0.2, 0) is 6.54 Å². The second kappa shape index (κ2) is 6.03. The second-order valence-corrected chi connectivity index (χ2v) is 5.98. The van der Waals surface area contributed by atoms with E-state index in [1.54, 1.807) is 16.8 Å². The van der Waals surface area contributed by atoms with Gasteiger partial charge in [0.25, 0.3) is 5.69 Å². The number of halogens is 2. The molecule has 7 heteroatoms. The Labute approximate surface area is 132 Å². The van der Waals surface area contributed by atoms with Gasteiger partial charge in [-0.15, -0.1) is 11.6 Å².